The molecule has 0 aromatic heterocycles. The molecule has 2 unspecified atom stereocenters. The Kier molecular flexibility index (Phi) is 7.35. The maximum absolute atomic E-state index is 11.9. The van der Waals surface area contributed by atoms with Gasteiger partial charge in [-0.1, -0.05) is 0 Å². The number of carbonyl (C=O) groups is 1. The summed E-state index contributed by atoms with van der Waals surface area (Å²) in [5.74, 6) is 1.18. The zero-order valence-corrected chi connectivity index (χ0v) is 14.0. The van der Waals surface area contributed by atoms with Crippen LogP contribution >= 0.6 is 24.2 Å². The second kappa shape index (κ2) is 8.51. The minimum Gasteiger partial charge on any atom is -0.481 e. The first-order valence-corrected chi connectivity index (χ1v) is 8.16. The number of thioether (sulfide) groups is 1. The lowest BCUT2D eigenvalue weighted by Crippen LogP contribution is -2.43. The number of rotatable bonds is 7. The first-order chi connectivity index (χ1) is 9.60. The number of halogens is 1. The summed E-state index contributed by atoms with van der Waals surface area (Å²) in [7, 11) is 0. The molecule has 0 heterocycles. The largest absolute Gasteiger partial charge is 0.481 e. The second-order valence-electron chi connectivity index (χ2n) is 5.18. The van der Waals surface area contributed by atoms with Gasteiger partial charge >= 0.3 is 0 Å². The number of amides is 1. The van der Waals surface area contributed by atoms with Gasteiger partial charge in [-0.2, -0.15) is 0 Å². The first-order valence-electron chi connectivity index (χ1n) is 6.94. The molecule has 1 aromatic rings. The molecule has 0 bridgehead atoms. The van der Waals surface area contributed by atoms with Gasteiger partial charge in [0.25, 0.3) is 5.91 Å². The third-order valence-electron chi connectivity index (χ3n) is 3.48. The molecular weight excluding hydrogens is 308 g/mol. The van der Waals surface area contributed by atoms with E-state index in [2.05, 4.69) is 5.32 Å². The van der Waals surface area contributed by atoms with Crippen LogP contribution in [-0.2, 0) is 4.79 Å². The fourth-order valence-corrected chi connectivity index (χ4v) is 2.37. The van der Waals surface area contributed by atoms with Gasteiger partial charge in [0, 0.05) is 17.5 Å². The molecule has 118 valence electrons. The van der Waals surface area contributed by atoms with Gasteiger partial charge in [0.15, 0.2) is 6.10 Å². The predicted molar refractivity (Wildman–Crippen MR) is 89.3 cm³/mol. The lowest BCUT2D eigenvalue weighted by atomic mass is 10.2. The van der Waals surface area contributed by atoms with E-state index < -0.39 is 6.10 Å². The maximum atomic E-state index is 11.9. The predicted octanol–water partition coefficient (Wildman–Crippen LogP) is 2.45. The highest BCUT2D eigenvalue weighted by molar-refractivity contribution is 7.98. The Morgan fingerprint density at radius 3 is 2.57 bits per heavy atom. The van der Waals surface area contributed by atoms with Gasteiger partial charge in [0.1, 0.15) is 5.75 Å². The number of hydrogen-bond donors (Lipinski definition) is 2. The average molecular weight is 331 g/mol. The molecular formula is C15H23ClN2O2S. The standard InChI is InChI=1S/C15H22N2O2S.ClH/c1-10(15(18)17-9-14(16)11-3-4-11)19-12-5-7-13(20-2)8-6-12;/h5-8,10-11,14H,3-4,9,16H2,1-2H3,(H,17,18);1H. The Hall–Kier alpha value is -0.910. The van der Waals surface area contributed by atoms with Crippen molar-refractivity contribution < 1.29 is 9.53 Å². The molecule has 0 aliphatic heterocycles. The van der Waals surface area contributed by atoms with Gasteiger partial charge in [-0.25, -0.2) is 0 Å². The third kappa shape index (κ3) is 5.77. The molecule has 1 aromatic carbocycles. The molecule has 1 aliphatic carbocycles. The SMILES string of the molecule is CSc1ccc(OC(C)C(=O)NCC(N)C2CC2)cc1.Cl. The number of nitrogens with two attached hydrogens (primary N) is 1. The van der Waals surface area contributed by atoms with Crippen LogP contribution in [0.4, 0.5) is 0 Å². The topological polar surface area (TPSA) is 64.3 Å². The summed E-state index contributed by atoms with van der Waals surface area (Å²) in [6.07, 6.45) is 3.88. The Bertz CT molecular complexity index is 451. The zero-order chi connectivity index (χ0) is 14.5. The normalized spacial score (nSPS) is 16.5. The van der Waals surface area contributed by atoms with Gasteiger partial charge in [0.05, 0.1) is 0 Å². The lowest BCUT2D eigenvalue weighted by molar-refractivity contribution is -0.127. The van der Waals surface area contributed by atoms with Gasteiger partial charge in [0.2, 0.25) is 0 Å². The van der Waals surface area contributed by atoms with Crippen LogP contribution in [0.5, 0.6) is 5.75 Å². The van der Waals surface area contributed by atoms with Gasteiger partial charge in [-0.3, -0.25) is 4.79 Å². The summed E-state index contributed by atoms with van der Waals surface area (Å²) >= 11 is 1.67. The monoisotopic (exact) mass is 330 g/mol. The number of hydrogen-bond acceptors (Lipinski definition) is 4. The molecule has 2 atom stereocenters. The molecule has 2 rings (SSSR count). The molecule has 1 amide bonds. The van der Waals surface area contributed by atoms with Crippen LogP contribution in [0.15, 0.2) is 29.2 Å². The first kappa shape index (κ1) is 18.1. The van der Waals surface area contributed by atoms with Crippen molar-refractivity contribution in [3.05, 3.63) is 24.3 Å². The van der Waals surface area contributed by atoms with Crippen molar-refractivity contribution in [3.63, 3.8) is 0 Å². The minimum atomic E-state index is -0.512. The number of ether oxygens (including phenoxy) is 1. The van der Waals surface area contributed by atoms with E-state index in [0.717, 1.165) is 0 Å². The van der Waals surface area contributed by atoms with E-state index in [1.54, 1.807) is 18.7 Å². The van der Waals surface area contributed by atoms with E-state index in [0.29, 0.717) is 18.2 Å². The Labute approximate surface area is 136 Å². The highest BCUT2D eigenvalue weighted by Gasteiger charge is 2.28. The van der Waals surface area contributed by atoms with E-state index in [1.165, 1.54) is 17.7 Å². The van der Waals surface area contributed by atoms with Crippen molar-refractivity contribution in [2.45, 2.75) is 36.8 Å². The lowest BCUT2D eigenvalue weighted by Gasteiger charge is -2.17. The smallest absolute Gasteiger partial charge is 0.260 e. The quantitative estimate of drug-likeness (QED) is 0.754. The Balaban J connectivity index is 0.00000220. The highest BCUT2D eigenvalue weighted by atomic mass is 35.5. The third-order valence-corrected chi connectivity index (χ3v) is 4.22. The Morgan fingerprint density at radius 1 is 1.43 bits per heavy atom. The molecule has 1 saturated carbocycles. The molecule has 3 N–H and O–H groups in total. The average Bonchev–Trinajstić information content (AvgIpc) is 3.29. The summed E-state index contributed by atoms with van der Waals surface area (Å²) in [6.45, 7) is 2.28. The van der Waals surface area contributed by atoms with Crippen molar-refractivity contribution in [2.24, 2.45) is 11.7 Å². The van der Waals surface area contributed by atoms with Crippen LogP contribution in [0.2, 0.25) is 0 Å². The summed E-state index contributed by atoms with van der Waals surface area (Å²) < 4.78 is 5.62. The van der Waals surface area contributed by atoms with E-state index in [4.69, 9.17) is 10.5 Å². The highest BCUT2D eigenvalue weighted by Crippen LogP contribution is 2.31. The molecule has 4 nitrogen and oxygen atoms in total. The minimum absolute atomic E-state index is 0. The van der Waals surface area contributed by atoms with Crippen LogP contribution in [-0.4, -0.2) is 30.9 Å². The van der Waals surface area contributed by atoms with E-state index in [-0.39, 0.29) is 24.4 Å². The van der Waals surface area contributed by atoms with Crippen LogP contribution in [0.3, 0.4) is 0 Å². The van der Waals surface area contributed by atoms with Crippen LogP contribution in [0.25, 0.3) is 0 Å². The Morgan fingerprint density at radius 2 is 2.05 bits per heavy atom. The van der Waals surface area contributed by atoms with Crippen molar-refractivity contribution in [1.82, 2.24) is 5.32 Å². The molecule has 0 radical (unpaired) electrons. The van der Waals surface area contributed by atoms with Crippen molar-refractivity contribution in [1.29, 1.82) is 0 Å². The number of carbonyl (C=O) groups excluding carboxylic acids is 1. The molecule has 21 heavy (non-hydrogen) atoms. The van der Waals surface area contributed by atoms with Crippen molar-refractivity contribution in [3.8, 4) is 5.75 Å². The summed E-state index contributed by atoms with van der Waals surface area (Å²) in [5.41, 5.74) is 5.95. The summed E-state index contributed by atoms with van der Waals surface area (Å²) in [4.78, 5) is 13.1. The van der Waals surface area contributed by atoms with Crippen LogP contribution in [0.1, 0.15) is 19.8 Å². The molecule has 0 spiro atoms. The van der Waals surface area contributed by atoms with Gasteiger partial charge < -0.3 is 15.8 Å². The van der Waals surface area contributed by atoms with Crippen LogP contribution in [0, 0.1) is 5.92 Å². The maximum Gasteiger partial charge on any atom is 0.260 e. The van der Waals surface area contributed by atoms with Gasteiger partial charge in [-0.05, 0) is 56.2 Å². The van der Waals surface area contributed by atoms with Gasteiger partial charge in [-0.15, -0.1) is 24.2 Å². The van der Waals surface area contributed by atoms with Crippen LogP contribution < -0.4 is 15.8 Å². The summed E-state index contributed by atoms with van der Waals surface area (Å²) in [6, 6.07) is 7.80. The molecule has 1 fully saturated rings. The van der Waals surface area contributed by atoms with E-state index in [1.807, 2.05) is 30.5 Å². The van der Waals surface area contributed by atoms with Crippen molar-refractivity contribution in [2.75, 3.05) is 12.8 Å². The summed E-state index contributed by atoms with van der Waals surface area (Å²) in [5, 5.41) is 2.85. The second-order valence-corrected chi connectivity index (χ2v) is 6.06. The van der Waals surface area contributed by atoms with E-state index >= 15 is 0 Å². The molecule has 1 aliphatic rings. The van der Waals surface area contributed by atoms with Crippen molar-refractivity contribution >= 4 is 30.1 Å². The fourth-order valence-electron chi connectivity index (χ4n) is 1.97. The molecule has 6 heteroatoms. The molecule has 0 saturated heterocycles. The number of benzene rings is 1. The number of nitrogens with one attached hydrogen (secondary N) is 1. The zero-order valence-electron chi connectivity index (χ0n) is 12.4. The van der Waals surface area contributed by atoms with E-state index in [9.17, 15) is 4.79 Å². The fraction of sp³-hybridized carbons (Fsp3) is 0.533.